The van der Waals surface area contributed by atoms with E-state index in [4.69, 9.17) is 0 Å². The Morgan fingerprint density at radius 1 is 1.27 bits per heavy atom. The predicted octanol–water partition coefficient (Wildman–Crippen LogP) is 3.36. The summed E-state index contributed by atoms with van der Waals surface area (Å²) in [5, 5.41) is 0.934. The second kappa shape index (κ2) is 3.81. The summed E-state index contributed by atoms with van der Waals surface area (Å²) in [4.78, 5) is 4.71. The molecule has 0 atom stereocenters. The van der Waals surface area contributed by atoms with Crippen molar-refractivity contribution in [2.75, 3.05) is 5.75 Å². The van der Waals surface area contributed by atoms with Crippen LogP contribution < -0.4 is 0 Å². The van der Waals surface area contributed by atoms with Crippen LogP contribution in [0.25, 0.3) is 10.9 Å². The van der Waals surface area contributed by atoms with Crippen LogP contribution in [0, 0.1) is 0 Å². The zero-order chi connectivity index (χ0) is 10.9. The molecule has 0 saturated heterocycles. The predicted molar refractivity (Wildman–Crippen MR) is 63.4 cm³/mol. The molecule has 0 saturated carbocycles. The zero-order valence-electron chi connectivity index (χ0n) is 8.42. The van der Waals surface area contributed by atoms with E-state index in [1.54, 1.807) is 19.2 Å². The molecule has 2 aromatic rings. The first-order valence-corrected chi connectivity index (χ1v) is 6.46. The van der Waals surface area contributed by atoms with Crippen molar-refractivity contribution in [3.8, 4) is 0 Å². The van der Waals surface area contributed by atoms with E-state index in [0.29, 0.717) is 10.6 Å². The maximum atomic E-state index is 9.75. The number of hydrogen-bond acceptors (Lipinski definition) is 3. The van der Waals surface area contributed by atoms with E-state index in [1.165, 1.54) is 0 Å². The molecule has 0 amide bonds. The highest BCUT2D eigenvalue weighted by atomic mass is 32.3. The highest BCUT2D eigenvalue weighted by Gasteiger charge is 2.13. The van der Waals surface area contributed by atoms with E-state index in [-0.39, 0.29) is 0 Å². The van der Waals surface area contributed by atoms with Crippen molar-refractivity contribution in [3.63, 3.8) is 0 Å². The summed E-state index contributed by atoms with van der Waals surface area (Å²) < 4.78 is 19.5. The van der Waals surface area contributed by atoms with Crippen LogP contribution in [0.5, 0.6) is 0 Å². The second-order valence-electron chi connectivity index (χ2n) is 3.32. The van der Waals surface area contributed by atoms with E-state index in [0.717, 1.165) is 10.9 Å². The summed E-state index contributed by atoms with van der Waals surface area (Å²) in [5.74, 6) is 0.326. The van der Waals surface area contributed by atoms with Gasteiger partial charge in [0.15, 0.2) is 0 Å². The van der Waals surface area contributed by atoms with Crippen molar-refractivity contribution in [1.82, 2.24) is 4.98 Å². The van der Waals surface area contributed by atoms with Crippen molar-refractivity contribution < 1.29 is 9.11 Å². The van der Waals surface area contributed by atoms with Crippen LogP contribution in [-0.4, -0.2) is 19.8 Å². The summed E-state index contributed by atoms with van der Waals surface area (Å²) >= 11 is 0. The van der Waals surface area contributed by atoms with E-state index in [1.807, 2.05) is 24.3 Å². The van der Waals surface area contributed by atoms with Gasteiger partial charge in [-0.2, -0.15) is 10.6 Å². The van der Waals surface area contributed by atoms with Crippen molar-refractivity contribution in [3.05, 3.63) is 36.5 Å². The van der Waals surface area contributed by atoms with Gasteiger partial charge in [-0.05, 0) is 19.1 Å². The van der Waals surface area contributed by atoms with Crippen LogP contribution in [0.1, 0.15) is 6.92 Å². The SMILES string of the molecule is CCS(O)(O)c1cnc2ccccc2c1. The summed E-state index contributed by atoms with van der Waals surface area (Å²) in [6.45, 7) is 1.75. The van der Waals surface area contributed by atoms with Crippen molar-refractivity contribution in [2.24, 2.45) is 0 Å². The van der Waals surface area contributed by atoms with E-state index < -0.39 is 10.6 Å². The van der Waals surface area contributed by atoms with E-state index in [9.17, 15) is 9.11 Å². The van der Waals surface area contributed by atoms with Crippen molar-refractivity contribution in [2.45, 2.75) is 11.8 Å². The molecule has 1 aromatic carbocycles. The molecule has 0 aliphatic heterocycles. The lowest BCUT2D eigenvalue weighted by Gasteiger charge is -2.30. The van der Waals surface area contributed by atoms with Crippen molar-refractivity contribution >= 4 is 21.5 Å². The molecule has 3 nitrogen and oxygen atoms in total. The van der Waals surface area contributed by atoms with Gasteiger partial charge in [0, 0.05) is 11.1 Å². The summed E-state index contributed by atoms with van der Waals surface area (Å²) in [5.41, 5.74) is 0.868. The largest absolute Gasteiger partial charge is 0.295 e. The Kier molecular flexibility index (Phi) is 2.65. The molecule has 4 heteroatoms. The smallest absolute Gasteiger partial charge is 0.0773 e. The third-order valence-electron chi connectivity index (χ3n) is 2.35. The lowest BCUT2D eigenvalue weighted by Crippen LogP contribution is -2.01. The molecule has 2 rings (SSSR count). The molecule has 15 heavy (non-hydrogen) atoms. The molecule has 0 aliphatic carbocycles. The molecular weight excluding hydrogens is 210 g/mol. The topological polar surface area (TPSA) is 53.4 Å². The maximum Gasteiger partial charge on any atom is 0.0773 e. The van der Waals surface area contributed by atoms with Gasteiger partial charge in [0.2, 0.25) is 0 Å². The first kappa shape index (κ1) is 10.4. The molecule has 1 aromatic heterocycles. The Morgan fingerprint density at radius 2 is 2.00 bits per heavy atom. The van der Waals surface area contributed by atoms with Crippen LogP contribution in [-0.2, 0) is 0 Å². The Bertz CT molecular complexity index is 485. The minimum atomic E-state index is -2.65. The van der Waals surface area contributed by atoms with E-state index in [2.05, 4.69) is 4.98 Å². The number of hydrogen-bond donors (Lipinski definition) is 2. The fourth-order valence-corrected chi connectivity index (χ4v) is 2.27. The van der Waals surface area contributed by atoms with E-state index >= 15 is 0 Å². The summed E-state index contributed by atoms with van der Waals surface area (Å²) in [7, 11) is -2.65. The van der Waals surface area contributed by atoms with Crippen LogP contribution in [0.3, 0.4) is 0 Å². The van der Waals surface area contributed by atoms with Gasteiger partial charge in [-0.25, -0.2) is 0 Å². The molecule has 1 heterocycles. The van der Waals surface area contributed by atoms with Crippen LogP contribution in [0.15, 0.2) is 41.4 Å². The van der Waals surface area contributed by atoms with Gasteiger partial charge in [0.1, 0.15) is 0 Å². The molecule has 80 valence electrons. The number of benzene rings is 1. The third-order valence-corrected chi connectivity index (χ3v) is 4.13. The monoisotopic (exact) mass is 223 g/mol. The Morgan fingerprint density at radius 3 is 2.73 bits per heavy atom. The zero-order valence-corrected chi connectivity index (χ0v) is 9.24. The molecular formula is C11H13NO2S. The lowest BCUT2D eigenvalue weighted by molar-refractivity contribution is 0.488. The first-order valence-electron chi connectivity index (χ1n) is 4.74. The highest BCUT2D eigenvalue weighted by molar-refractivity contribution is 8.24. The third kappa shape index (κ3) is 1.97. The number of para-hydroxylation sites is 1. The number of rotatable bonds is 2. The standard InChI is InChI=1S/C11H13NO2S/c1-2-15(13,14)10-7-9-5-3-4-6-11(9)12-8-10/h3-8,13-14H,2H2,1H3. The molecule has 2 N–H and O–H groups in total. The first-order chi connectivity index (χ1) is 7.13. The molecule has 0 bridgehead atoms. The molecule has 0 radical (unpaired) electrons. The van der Waals surface area contributed by atoms with Gasteiger partial charge in [0.25, 0.3) is 0 Å². The van der Waals surface area contributed by atoms with Crippen molar-refractivity contribution in [1.29, 1.82) is 0 Å². The molecule has 0 aliphatic rings. The summed E-state index contributed by atoms with van der Waals surface area (Å²) in [6.07, 6.45) is 1.54. The van der Waals surface area contributed by atoms with Gasteiger partial charge in [0.05, 0.1) is 16.6 Å². The average Bonchev–Trinajstić information content (AvgIpc) is 2.28. The minimum absolute atomic E-state index is 0.326. The summed E-state index contributed by atoms with van der Waals surface area (Å²) in [6, 6.07) is 9.42. The van der Waals surface area contributed by atoms with Crippen LogP contribution >= 0.6 is 10.6 Å². The van der Waals surface area contributed by atoms with Gasteiger partial charge >= 0.3 is 0 Å². The van der Waals surface area contributed by atoms with Gasteiger partial charge in [-0.1, -0.05) is 18.2 Å². The number of aromatic nitrogens is 1. The molecule has 0 fully saturated rings. The molecule has 0 unspecified atom stereocenters. The number of nitrogens with zero attached hydrogens (tertiary/aromatic N) is 1. The number of pyridine rings is 1. The Labute approximate surface area is 90.1 Å². The van der Waals surface area contributed by atoms with Gasteiger partial charge in [-0.15, -0.1) is 0 Å². The average molecular weight is 223 g/mol. The van der Waals surface area contributed by atoms with Gasteiger partial charge < -0.3 is 0 Å². The molecule has 0 spiro atoms. The van der Waals surface area contributed by atoms with Gasteiger partial charge in [-0.3, -0.25) is 14.1 Å². The fraction of sp³-hybridized carbons (Fsp3) is 0.182. The highest BCUT2D eigenvalue weighted by Crippen LogP contribution is 2.47. The Hall–Kier alpha value is -1.10. The quantitative estimate of drug-likeness (QED) is 0.820. The lowest BCUT2D eigenvalue weighted by atomic mass is 10.2. The second-order valence-corrected chi connectivity index (χ2v) is 5.70. The normalized spacial score (nSPS) is 13.0. The number of fused-ring (bicyclic) bond motifs is 1. The Balaban J connectivity index is 2.56. The fourth-order valence-electron chi connectivity index (χ4n) is 1.40. The minimum Gasteiger partial charge on any atom is -0.295 e. The maximum absolute atomic E-state index is 9.75. The van der Waals surface area contributed by atoms with Crippen LogP contribution in [0.2, 0.25) is 0 Å². The van der Waals surface area contributed by atoms with Crippen LogP contribution in [0.4, 0.5) is 0 Å².